The summed E-state index contributed by atoms with van der Waals surface area (Å²) in [6.07, 6.45) is -0.0218. The number of amides is 2. The number of ether oxygens (including phenoxy) is 1. The summed E-state index contributed by atoms with van der Waals surface area (Å²) < 4.78 is 6.75. The molecule has 7 heteroatoms. The maximum Gasteiger partial charge on any atom is 0.265 e. The van der Waals surface area contributed by atoms with E-state index in [1.807, 2.05) is 35.7 Å². The molecule has 1 atom stereocenters. The zero-order valence-corrected chi connectivity index (χ0v) is 18.1. The van der Waals surface area contributed by atoms with E-state index in [0.717, 1.165) is 20.7 Å². The predicted octanol–water partition coefficient (Wildman–Crippen LogP) is 4.73. The van der Waals surface area contributed by atoms with Gasteiger partial charge in [-0.05, 0) is 51.8 Å². The highest BCUT2D eigenvalue weighted by atomic mass is 79.9. The van der Waals surface area contributed by atoms with Gasteiger partial charge in [0.1, 0.15) is 5.75 Å². The first-order valence-corrected chi connectivity index (χ1v) is 10.8. The lowest BCUT2D eigenvalue weighted by molar-refractivity contribution is -0.122. The first-order chi connectivity index (χ1) is 14.0. The average molecular weight is 471 g/mol. The number of nitrogens with zero attached hydrogens (tertiary/aromatic N) is 1. The Morgan fingerprint density at radius 1 is 1.21 bits per heavy atom. The molecule has 0 bridgehead atoms. The second kappa shape index (κ2) is 8.39. The van der Waals surface area contributed by atoms with E-state index in [4.69, 9.17) is 4.74 Å². The predicted molar refractivity (Wildman–Crippen MR) is 117 cm³/mol. The summed E-state index contributed by atoms with van der Waals surface area (Å²) >= 11 is 5.03. The molecule has 0 spiro atoms. The summed E-state index contributed by atoms with van der Waals surface area (Å²) in [4.78, 5) is 28.1. The lowest BCUT2D eigenvalue weighted by Gasteiger charge is -2.17. The molecule has 0 saturated heterocycles. The Morgan fingerprint density at radius 3 is 2.79 bits per heavy atom. The first kappa shape index (κ1) is 19.7. The van der Waals surface area contributed by atoms with Crippen molar-refractivity contribution >= 4 is 44.8 Å². The van der Waals surface area contributed by atoms with Crippen molar-refractivity contribution in [3.63, 3.8) is 0 Å². The van der Waals surface area contributed by atoms with Crippen LogP contribution in [0, 0.1) is 0 Å². The largest absolute Gasteiger partial charge is 0.480 e. The minimum Gasteiger partial charge on any atom is -0.480 e. The van der Waals surface area contributed by atoms with Crippen molar-refractivity contribution in [2.24, 2.45) is 0 Å². The van der Waals surface area contributed by atoms with E-state index in [1.165, 1.54) is 0 Å². The fraction of sp³-hybridized carbons (Fsp3) is 0.182. The third-order valence-corrected chi connectivity index (χ3v) is 6.36. The van der Waals surface area contributed by atoms with Gasteiger partial charge in [0, 0.05) is 39.4 Å². The van der Waals surface area contributed by atoms with Gasteiger partial charge in [0.2, 0.25) is 0 Å². The molecule has 1 aliphatic heterocycles. The molecule has 1 aliphatic rings. The van der Waals surface area contributed by atoms with Crippen molar-refractivity contribution in [1.82, 2.24) is 4.90 Å². The molecule has 2 heterocycles. The number of anilines is 1. The van der Waals surface area contributed by atoms with Crippen molar-refractivity contribution < 1.29 is 14.3 Å². The highest BCUT2D eigenvalue weighted by Crippen LogP contribution is 2.29. The van der Waals surface area contributed by atoms with Crippen molar-refractivity contribution in [1.29, 1.82) is 0 Å². The van der Waals surface area contributed by atoms with Crippen LogP contribution < -0.4 is 10.1 Å². The van der Waals surface area contributed by atoms with Crippen LogP contribution in [0.4, 0.5) is 5.69 Å². The Kier molecular flexibility index (Phi) is 5.69. The van der Waals surface area contributed by atoms with Gasteiger partial charge in [-0.1, -0.05) is 24.3 Å². The quantitative estimate of drug-likeness (QED) is 0.586. The summed E-state index contributed by atoms with van der Waals surface area (Å²) in [6, 6.07) is 16.6. The van der Waals surface area contributed by atoms with Crippen LogP contribution in [0.2, 0.25) is 0 Å². The van der Waals surface area contributed by atoms with E-state index in [2.05, 4.69) is 21.2 Å². The Morgan fingerprint density at radius 2 is 2.03 bits per heavy atom. The van der Waals surface area contributed by atoms with Gasteiger partial charge in [-0.15, -0.1) is 11.3 Å². The van der Waals surface area contributed by atoms with Crippen molar-refractivity contribution in [2.45, 2.75) is 19.1 Å². The molecule has 0 aliphatic carbocycles. The third kappa shape index (κ3) is 4.52. The molecule has 5 nitrogen and oxygen atoms in total. The molecule has 1 aromatic heterocycles. The summed E-state index contributed by atoms with van der Waals surface area (Å²) in [6.45, 7) is 0.528. The zero-order valence-electron chi connectivity index (χ0n) is 15.7. The fourth-order valence-corrected chi connectivity index (χ4v) is 4.75. The van der Waals surface area contributed by atoms with Crippen LogP contribution >= 0.6 is 27.3 Å². The van der Waals surface area contributed by atoms with Gasteiger partial charge in [0.05, 0.1) is 6.54 Å². The molecule has 29 heavy (non-hydrogen) atoms. The molecule has 0 radical (unpaired) electrons. The number of nitrogens with one attached hydrogen (secondary N) is 1. The summed E-state index contributed by atoms with van der Waals surface area (Å²) in [5.74, 6) is 0.427. The van der Waals surface area contributed by atoms with Gasteiger partial charge >= 0.3 is 0 Å². The van der Waals surface area contributed by atoms with Crippen LogP contribution in [0.5, 0.6) is 5.75 Å². The average Bonchev–Trinajstić information content (AvgIpc) is 3.33. The maximum atomic E-state index is 12.8. The number of carbonyl (C=O) groups is 2. The second-order valence-electron chi connectivity index (χ2n) is 6.88. The van der Waals surface area contributed by atoms with Crippen LogP contribution in [0.3, 0.4) is 0 Å². The van der Waals surface area contributed by atoms with E-state index in [0.29, 0.717) is 24.2 Å². The van der Waals surface area contributed by atoms with Gasteiger partial charge in [-0.3, -0.25) is 9.59 Å². The van der Waals surface area contributed by atoms with Crippen molar-refractivity contribution in [3.05, 3.63) is 80.5 Å². The highest BCUT2D eigenvalue weighted by Gasteiger charge is 2.28. The molecule has 0 saturated carbocycles. The number of fused-ring (bicyclic) bond motifs is 1. The fourth-order valence-electron chi connectivity index (χ4n) is 3.24. The number of hydrogen-bond donors (Lipinski definition) is 1. The van der Waals surface area contributed by atoms with E-state index in [1.54, 1.807) is 47.5 Å². The second-order valence-corrected chi connectivity index (χ2v) is 8.79. The smallest absolute Gasteiger partial charge is 0.265 e. The normalized spacial score (nSPS) is 14.8. The number of para-hydroxylation sites is 1. The monoisotopic (exact) mass is 470 g/mol. The number of halogens is 1. The SMILES string of the molecule is CN(Cc1cc(Br)cs1)C(=O)c1cccc(NC(=O)C2Cc3ccccc3O2)c1. The number of thiophene rings is 1. The summed E-state index contributed by atoms with van der Waals surface area (Å²) in [7, 11) is 1.77. The first-order valence-electron chi connectivity index (χ1n) is 9.13. The Balaban J connectivity index is 1.40. The van der Waals surface area contributed by atoms with Gasteiger partial charge in [0.25, 0.3) is 11.8 Å². The number of benzene rings is 2. The molecule has 148 valence electrons. The molecule has 3 aromatic rings. The lowest BCUT2D eigenvalue weighted by atomic mass is 10.1. The van der Waals surface area contributed by atoms with Gasteiger partial charge in [-0.25, -0.2) is 0 Å². The van der Waals surface area contributed by atoms with Crippen molar-refractivity contribution in [2.75, 3.05) is 12.4 Å². The van der Waals surface area contributed by atoms with Gasteiger partial charge < -0.3 is 15.0 Å². The number of rotatable bonds is 5. The Labute approximate surface area is 181 Å². The molecular formula is C22H19BrN2O3S. The van der Waals surface area contributed by atoms with Crippen LogP contribution in [0.1, 0.15) is 20.8 Å². The van der Waals surface area contributed by atoms with Crippen LogP contribution in [-0.2, 0) is 17.8 Å². The highest BCUT2D eigenvalue weighted by molar-refractivity contribution is 9.10. The summed E-state index contributed by atoms with van der Waals surface area (Å²) in [5, 5.41) is 4.86. The van der Waals surface area contributed by atoms with E-state index in [9.17, 15) is 9.59 Å². The topological polar surface area (TPSA) is 58.6 Å². The van der Waals surface area contributed by atoms with Crippen LogP contribution in [0.25, 0.3) is 0 Å². The molecule has 1 N–H and O–H groups in total. The summed E-state index contributed by atoms with van der Waals surface area (Å²) in [5.41, 5.74) is 2.13. The van der Waals surface area contributed by atoms with Gasteiger partial charge in [0.15, 0.2) is 6.10 Å². The minimum absolute atomic E-state index is 0.102. The van der Waals surface area contributed by atoms with Crippen molar-refractivity contribution in [3.8, 4) is 5.75 Å². The Bertz CT molecular complexity index is 1040. The third-order valence-electron chi connectivity index (χ3n) is 4.68. The molecular weight excluding hydrogens is 452 g/mol. The number of hydrogen-bond acceptors (Lipinski definition) is 4. The van der Waals surface area contributed by atoms with E-state index >= 15 is 0 Å². The standard InChI is InChI=1S/C22H19BrN2O3S/c1-25(12-18-11-16(23)13-29-18)22(27)15-6-4-7-17(9-15)24-21(26)20-10-14-5-2-3-8-19(14)28-20/h2-9,11,13,20H,10,12H2,1H3,(H,24,26). The molecule has 2 aromatic carbocycles. The van der Waals surface area contributed by atoms with Crippen LogP contribution in [-0.4, -0.2) is 29.9 Å². The molecule has 1 unspecified atom stereocenters. The van der Waals surface area contributed by atoms with Crippen LogP contribution in [0.15, 0.2) is 64.5 Å². The molecule has 4 rings (SSSR count). The molecule has 0 fully saturated rings. The minimum atomic E-state index is -0.563. The molecule has 2 amide bonds. The van der Waals surface area contributed by atoms with E-state index < -0.39 is 6.10 Å². The Hall–Kier alpha value is -2.64. The van der Waals surface area contributed by atoms with Gasteiger partial charge in [-0.2, -0.15) is 0 Å². The zero-order chi connectivity index (χ0) is 20.4. The number of carbonyl (C=O) groups excluding carboxylic acids is 2. The lowest BCUT2D eigenvalue weighted by Crippen LogP contribution is -2.31. The van der Waals surface area contributed by atoms with E-state index in [-0.39, 0.29) is 11.8 Å². The maximum absolute atomic E-state index is 12.8.